The van der Waals surface area contributed by atoms with Crippen molar-refractivity contribution in [2.75, 3.05) is 6.61 Å². The number of aryl methyl sites for hydroxylation is 1. The minimum atomic E-state index is -0.154. The minimum absolute atomic E-state index is 0.0233. The lowest BCUT2D eigenvalue weighted by Gasteiger charge is -2.09. The predicted octanol–water partition coefficient (Wildman–Crippen LogP) is 1.95. The summed E-state index contributed by atoms with van der Waals surface area (Å²) in [5, 5.41) is 6.50. The standard InChI is InChI=1S/C14H17N3O3/c1-9(2)15-13(18)8-19-12-6-4-5-11(7-12)14-16-10(3)17-20-14/h4-7,9H,8H2,1-3H3,(H,15,18). The van der Waals surface area contributed by atoms with Crippen LogP contribution in [0.15, 0.2) is 28.8 Å². The average molecular weight is 275 g/mol. The van der Waals surface area contributed by atoms with Crippen LogP contribution in [0, 0.1) is 6.92 Å². The number of rotatable bonds is 5. The van der Waals surface area contributed by atoms with E-state index in [1.807, 2.05) is 26.0 Å². The second-order valence-electron chi connectivity index (χ2n) is 4.69. The van der Waals surface area contributed by atoms with E-state index in [-0.39, 0.29) is 18.6 Å². The Labute approximate surface area is 117 Å². The highest BCUT2D eigenvalue weighted by molar-refractivity contribution is 5.77. The van der Waals surface area contributed by atoms with Crippen LogP contribution >= 0.6 is 0 Å². The Kier molecular flexibility index (Phi) is 4.34. The molecule has 2 rings (SSSR count). The van der Waals surface area contributed by atoms with Gasteiger partial charge in [-0.15, -0.1) is 0 Å². The van der Waals surface area contributed by atoms with Gasteiger partial charge in [-0.3, -0.25) is 4.79 Å². The van der Waals surface area contributed by atoms with E-state index < -0.39 is 0 Å². The van der Waals surface area contributed by atoms with Crippen molar-refractivity contribution in [3.8, 4) is 17.2 Å². The Morgan fingerprint density at radius 1 is 1.45 bits per heavy atom. The maximum absolute atomic E-state index is 11.5. The van der Waals surface area contributed by atoms with Gasteiger partial charge in [-0.1, -0.05) is 11.2 Å². The molecule has 2 aromatic rings. The van der Waals surface area contributed by atoms with Crippen molar-refractivity contribution in [1.29, 1.82) is 0 Å². The summed E-state index contributed by atoms with van der Waals surface area (Å²) >= 11 is 0. The highest BCUT2D eigenvalue weighted by Gasteiger charge is 2.08. The quantitative estimate of drug-likeness (QED) is 0.902. The Balaban J connectivity index is 2.01. The highest BCUT2D eigenvalue weighted by atomic mass is 16.5. The second kappa shape index (κ2) is 6.18. The zero-order valence-corrected chi connectivity index (χ0v) is 11.7. The number of carbonyl (C=O) groups excluding carboxylic acids is 1. The van der Waals surface area contributed by atoms with E-state index in [0.717, 1.165) is 5.56 Å². The second-order valence-corrected chi connectivity index (χ2v) is 4.69. The molecule has 6 nitrogen and oxygen atoms in total. The van der Waals surface area contributed by atoms with Crippen molar-refractivity contribution in [1.82, 2.24) is 15.5 Å². The molecule has 1 N–H and O–H groups in total. The summed E-state index contributed by atoms with van der Waals surface area (Å²) in [5.41, 5.74) is 0.757. The van der Waals surface area contributed by atoms with Crippen LogP contribution < -0.4 is 10.1 Å². The first kappa shape index (κ1) is 14.0. The van der Waals surface area contributed by atoms with E-state index in [0.29, 0.717) is 17.5 Å². The molecule has 0 spiro atoms. The molecule has 106 valence electrons. The van der Waals surface area contributed by atoms with E-state index in [1.54, 1.807) is 19.1 Å². The van der Waals surface area contributed by atoms with Crippen LogP contribution in [0.1, 0.15) is 19.7 Å². The summed E-state index contributed by atoms with van der Waals surface area (Å²) in [6.45, 7) is 5.53. The Morgan fingerprint density at radius 3 is 2.90 bits per heavy atom. The smallest absolute Gasteiger partial charge is 0.258 e. The van der Waals surface area contributed by atoms with E-state index in [2.05, 4.69) is 15.5 Å². The molecule has 1 aromatic heterocycles. The van der Waals surface area contributed by atoms with Crippen molar-refractivity contribution in [3.05, 3.63) is 30.1 Å². The van der Waals surface area contributed by atoms with Gasteiger partial charge in [-0.25, -0.2) is 0 Å². The van der Waals surface area contributed by atoms with Crippen molar-refractivity contribution in [3.63, 3.8) is 0 Å². The van der Waals surface area contributed by atoms with Gasteiger partial charge in [-0.05, 0) is 39.0 Å². The maximum atomic E-state index is 11.5. The topological polar surface area (TPSA) is 77.2 Å². The van der Waals surface area contributed by atoms with Gasteiger partial charge >= 0.3 is 0 Å². The normalized spacial score (nSPS) is 10.6. The summed E-state index contributed by atoms with van der Waals surface area (Å²) in [7, 11) is 0. The fourth-order valence-corrected chi connectivity index (χ4v) is 1.65. The van der Waals surface area contributed by atoms with Gasteiger partial charge in [0.1, 0.15) is 5.75 Å². The molecular weight excluding hydrogens is 258 g/mol. The van der Waals surface area contributed by atoms with E-state index in [4.69, 9.17) is 9.26 Å². The average Bonchev–Trinajstić information content (AvgIpc) is 2.83. The number of nitrogens with one attached hydrogen (secondary N) is 1. The molecule has 0 bridgehead atoms. The monoisotopic (exact) mass is 275 g/mol. The van der Waals surface area contributed by atoms with Gasteiger partial charge in [0.15, 0.2) is 12.4 Å². The lowest BCUT2D eigenvalue weighted by Crippen LogP contribution is -2.34. The number of hydrogen-bond donors (Lipinski definition) is 1. The number of carbonyl (C=O) groups is 1. The molecule has 0 unspecified atom stereocenters. The number of nitrogens with zero attached hydrogens (tertiary/aromatic N) is 2. The van der Waals surface area contributed by atoms with E-state index in [9.17, 15) is 4.79 Å². The largest absolute Gasteiger partial charge is 0.484 e. The van der Waals surface area contributed by atoms with Crippen LogP contribution in [0.4, 0.5) is 0 Å². The molecule has 0 atom stereocenters. The van der Waals surface area contributed by atoms with Gasteiger partial charge in [0.05, 0.1) is 0 Å². The lowest BCUT2D eigenvalue weighted by atomic mass is 10.2. The van der Waals surface area contributed by atoms with E-state index >= 15 is 0 Å². The van der Waals surface area contributed by atoms with Gasteiger partial charge in [0, 0.05) is 11.6 Å². The van der Waals surface area contributed by atoms with Crippen molar-refractivity contribution < 1.29 is 14.1 Å². The van der Waals surface area contributed by atoms with Gasteiger partial charge in [0.2, 0.25) is 0 Å². The molecule has 0 aliphatic rings. The fourth-order valence-electron chi connectivity index (χ4n) is 1.65. The SMILES string of the molecule is Cc1noc(-c2cccc(OCC(=O)NC(C)C)c2)n1. The van der Waals surface area contributed by atoms with Crippen LogP contribution in [0.25, 0.3) is 11.5 Å². The molecule has 0 radical (unpaired) electrons. The third kappa shape index (κ3) is 3.81. The number of ether oxygens (including phenoxy) is 1. The van der Waals surface area contributed by atoms with Crippen LogP contribution in [0.3, 0.4) is 0 Å². The Hall–Kier alpha value is -2.37. The first-order valence-corrected chi connectivity index (χ1v) is 6.37. The first-order chi connectivity index (χ1) is 9.54. The summed E-state index contributed by atoms with van der Waals surface area (Å²) in [5.74, 6) is 1.43. The molecule has 0 saturated heterocycles. The number of benzene rings is 1. The molecule has 1 aromatic carbocycles. The first-order valence-electron chi connectivity index (χ1n) is 6.37. The third-order valence-corrected chi connectivity index (χ3v) is 2.43. The molecule has 6 heteroatoms. The number of hydrogen-bond acceptors (Lipinski definition) is 5. The molecule has 1 heterocycles. The molecule has 0 aliphatic carbocycles. The Morgan fingerprint density at radius 2 is 2.25 bits per heavy atom. The fraction of sp³-hybridized carbons (Fsp3) is 0.357. The van der Waals surface area contributed by atoms with E-state index in [1.165, 1.54) is 0 Å². The van der Waals surface area contributed by atoms with Crippen molar-refractivity contribution in [2.45, 2.75) is 26.8 Å². The van der Waals surface area contributed by atoms with Gasteiger partial charge < -0.3 is 14.6 Å². The van der Waals surface area contributed by atoms with Crippen LogP contribution in [0.2, 0.25) is 0 Å². The summed E-state index contributed by atoms with van der Waals surface area (Å²) in [6.07, 6.45) is 0. The van der Waals surface area contributed by atoms with Crippen LogP contribution in [-0.2, 0) is 4.79 Å². The zero-order chi connectivity index (χ0) is 14.5. The number of aromatic nitrogens is 2. The van der Waals surface area contributed by atoms with Crippen molar-refractivity contribution >= 4 is 5.91 Å². The number of amides is 1. The maximum Gasteiger partial charge on any atom is 0.258 e. The Bertz CT molecular complexity index is 593. The van der Waals surface area contributed by atoms with Crippen LogP contribution in [-0.4, -0.2) is 28.7 Å². The highest BCUT2D eigenvalue weighted by Crippen LogP contribution is 2.22. The molecule has 0 fully saturated rings. The predicted molar refractivity (Wildman–Crippen MR) is 73.2 cm³/mol. The summed E-state index contributed by atoms with van der Waals surface area (Å²) < 4.78 is 10.5. The molecular formula is C14H17N3O3. The lowest BCUT2D eigenvalue weighted by molar-refractivity contribution is -0.123. The molecule has 20 heavy (non-hydrogen) atoms. The molecule has 0 aliphatic heterocycles. The molecule has 0 saturated carbocycles. The minimum Gasteiger partial charge on any atom is -0.484 e. The summed E-state index contributed by atoms with van der Waals surface area (Å²) in [4.78, 5) is 15.7. The van der Waals surface area contributed by atoms with Gasteiger partial charge in [-0.2, -0.15) is 4.98 Å². The third-order valence-electron chi connectivity index (χ3n) is 2.43. The molecule has 1 amide bonds. The zero-order valence-electron chi connectivity index (χ0n) is 11.7. The van der Waals surface area contributed by atoms with Crippen LogP contribution in [0.5, 0.6) is 5.75 Å². The summed E-state index contributed by atoms with van der Waals surface area (Å²) in [6, 6.07) is 7.28. The van der Waals surface area contributed by atoms with Crippen molar-refractivity contribution in [2.24, 2.45) is 0 Å². The van der Waals surface area contributed by atoms with Gasteiger partial charge in [0.25, 0.3) is 11.8 Å².